The van der Waals surface area contributed by atoms with E-state index in [1.807, 2.05) is 4.90 Å². The second kappa shape index (κ2) is 11.9. The van der Waals surface area contributed by atoms with Gasteiger partial charge in [-0.1, -0.05) is 25.0 Å². The fourth-order valence-electron chi connectivity index (χ4n) is 7.46. The van der Waals surface area contributed by atoms with E-state index in [9.17, 15) is 18.3 Å². The number of urea groups is 1. The number of aliphatic hydroxyl groups excluding tert-OH is 1. The van der Waals surface area contributed by atoms with Gasteiger partial charge in [-0.05, 0) is 81.2 Å². The molecule has 0 unspecified atom stereocenters. The second-order valence-corrected chi connectivity index (χ2v) is 15.2. The van der Waals surface area contributed by atoms with Crippen LogP contribution in [0.5, 0.6) is 0 Å². The van der Waals surface area contributed by atoms with Crippen molar-refractivity contribution in [2.24, 2.45) is 5.92 Å². The number of hydrogen-bond donors (Lipinski definition) is 2. The third-order valence-corrected chi connectivity index (χ3v) is 11.9. The van der Waals surface area contributed by atoms with Gasteiger partial charge >= 0.3 is 6.03 Å². The van der Waals surface area contributed by atoms with Crippen LogP contribution in [0.25, 0.3) is 11.3 Å². The lowest BCUT2D eigenvalue weighted by Gasteiger charge is -2.31. The lowest BCUT2D eigenvalue weighted by atomic mass is 9.84. The Morgan fingerprint density at radius 1 is 1.10 bits per heavy atom. The highest BCUT2D eigenvalue weighted by Crippen LogP contribution is 2.50. The number of hydrogen-bond acceptors (Lipinski definition) is 6. The van der Waals surface area contributed by atoms with Crippen molar-refractivity contribution >= 4 is 21.7 Å². The van der Waals surface area contributed by atoms with Crippen LogP contribution in [0.4, 0.5) is 10.5 Å². The van der Waals surface area contributed by atoms with Gasteiger partial charge in [0.25, 0.3) is 0 Å². The van der Waals surface area contributed by atoms with Gasteiger partial charge < -0.3 is 10.4 Å². The van der Waals surface area contributed by atoms with Crippen LogP contribution in [0, 0.1) is 12.8 Å². The molecule has 2 N–H and O–H groups in total. The first-order chi connectivity index (χ1) is 20.2. The average molecular weight is 596 g/mol. The van der Waals surface area contributed by atoms with Crippen molar-refractivity contribution in [3.05, 3.63) is 47.2 Å². The van der Waals surface area contributed by atoms with Gasteiger partial charge in [-0.3, -0.25) is 9.80 Å². The molecule has 3 aliphatic heterocycles. The summed E-state index contributed by atoms with van der Waals surface area (Å²) in [6, 6.07) is 10.6. The molecule has 2 aromatic rings. The van der Waals surface area contributed by atoms with Crippen LogP contribution in [-0.4, -0.2) is 84.9 Å². The van der Waals surface area contributed by atoms with Crippen LogP contribution in [-0.2, 0) is 22.0 Å². The highest BCUT2D eigenvalue weighted by Gasteiger charge is 2.48. The van der Waals surface area contributed by atoms with Crippen molar-refractivity contribution in [2.45, 2.75) is 76.9 Å². The maximum Gasteiger partial charge on any atom is 0.321 e. The molecule has 1 atom stereocenters. The SMILES string of the molecule is CCS(=O)(=O)N1CCC(CNC(=O)N2CC3(CCCC3)c3nc(-c4cc(CN5CC[C@@H](O)C5)ccc4C)ccc32)CC1. The van der Waals surface area contributed by atoms with E-state index in [0.717, 1.165) is 87.2 Å². The predicted molar refractivity (Wildman–Crippen MR) is 165 cm³/mol. The Morgan fingerprint density at radius 3 is 2.55 bits per heavy atom. The standard InChI is InChI=1S/C32H45N5O4S/c1-3-42(40,41)36-16-10-24(11-17-36)19-33-31(39)37-22-32(13-4-5-14-32)30-29(37)9-8-28(34-30)27-18-25(7-6-23(27)2)20-35-15-12-26(38)21-35/h6-9,18,24,26,38H,3-5,10-17,19-22H2,1-2H3,(H,33,39)/t26-/m1/s1. The Labute approximate surface area is 250 Å². The maximum atomic E-state index is 13.6. The molecule has 2 amide bonds. The van der Waals surface area contributed by atoms with Crippen molar-refractivity contribution < 1.29 is 18.3 Å². The maximum absolute atomic E-state index is 13.6. The summed E-state index contributed by atoms with van der Waals surface area (Å²) < 4.78 is 26.0. The van der Waals surface area contributed by atoms with E-state index in [4.69, 9.17) is 4.98 Å². The minimum absolute atomic E-state index is 0.0795. The van der Waals surface area contributed by atoms with E-state index in [0.29, 0.717) is 26.2 Å². The van der Waals surface area contributed by atoms with E-state index in [2.05, 4.69) is 47.5 Å². The molecule has 4 aliphatic rings. The van der Waals surface area contributed by atoms with Crippen LogP contribution in [0.1, 0.15) is 68.7 Å². The number of anilines is 1. The highest BCUT2D eigenvalue weighted by molar-refractivity contribution is 7.89. The first kappa shape index (κ1) is 29.5. The third-order valence-electron chi connectivity index (χ3n) is 10.0. The number of aromatic nitrogens is 1. The number of likely N-dealkylation sites (tertiary alicyclic amines) is 1. The summed E-state index contributed by atoms with van der Waals surface area (Å²) in [7, 11) is -3.15. The fourth-order valence-corrected chi connectivity index (χ4v) is 8.59. The molecule has 1 aromatic carbocycles. The predicted octanol–water partition coefficient (Wildman–Crippen LogP) is 4.03. The van der Waals surface area contributed by atoms with E-state index >= 15 is 0 Å². The molecule has 3 fully saturated rings. The Kier molecular flexibility index (Phi) is 8.34. The molecule has 10 heteroatoms. The molecular formula is C32H45N5O4S. The Hall–Kier alpha value is -2.53. The van der Waals surface area contributed by atoms with Crippen LogP contribution < -0.4 is 10.2 Å². The fraction of sp³-hybridized carbons (Fsp3) is 0.625. The molecule has 2 saturated heterocycles. The van der Waals surface area contributed by atoms with Crippen molar-refractivity contribution in [1.82, 2.24) is 19.5 Å². The van der Waals surface area contributed by atoms with Gasteiger partial charge in [-0.15, -0.1) is 0 Å². The second-order valence-electron chi connectivity index (χ2n) is 12.9. The number of aryl methyl sites for hydroxylation is 1. The van der Waals surface area contributed by atoms with Crippen LogP contribution >= 0.6 is 0 Å². The largest absolute Gasteiger partial charge is 0.392 e. The van der Waals surface area contributed by atoms with Crippen LogP contribution in [0.15, 0.2) is 30.3 Å². The topological polar surface area (TPSA) is 106 Å². The first-order valence-corrected chi connectivity index (χ1v) is 17.3. The lowest BCUT2D eigenvalue weighted by molar-refractivity contribution is 0.175. The van der Waals surface area contributed by atoms with E-state index in [1.54, 1.807) is 11.2 Å². The number of sulfonamides is 1. The zero-order chi connectivity index (χ0) is 29.5. The van der Waals surface area contributed by atoms with Gasteiger partial charge in [0.2, 0.25) is 10.0 Å². The molecule has 1 spiro atoms. The average Bonchev–Trinajstić information content (AvgIpc) is 3.72. The molecule has 0 radical (unpaired) electrons. The number of pyridine rings is 1. The van der Waals surface area contributed by atoms with Gasteiger partial charge in [0, 0.05) is 56.8 Å². The molecule has 9 nitrogen and oxygen atoms in total. The number of rotatable bonds is 7. The Balaban J connectivity index is 1.18. The number of piperidine rings is 1. The van der Waals surface area contributed by atoms with Crippen molar-refractivity contribution in [2.75, 3.05) is 49.9 Å². The molecule has 42 heavy (non-hydrogen) atoms. The van der Waals surface area contributed by atoms with E-state index in [1.165, 1.54) is 11.1 Å². The minimum atomic E-state index is -3.15. The normalized spacial score (nSPS) is 23.1. The lowest BCUT2D eigenvalue weighted by Crippen LogP contribution is -2.46. The van der Waals surface area contributed by atoms with E-state index in [-0.39, 0.29) is 29.2 Å². The minimum Gasteiger partial charge on any atom is -0.392 e. The Morgan fingerprint density at radius 2 is 1.86 bits per heavy atom. The molecule has 1 aromatic heterocycles. The van der Waals surface area contributed by atoms with Crippen LogP contribution in [0.2, 0.25) is 0 Å². The summed E-state index contributed by atoms with van der Waals surface area (Å²) in [5.41, 5.74) is 6.36. The van der Waals surface area contributed by atoms with Gasteiger partial charge in [-0.25, -0.2) is 22.5 Å². The molecular weight excluding hydrogens is 550 g/mol. The number of fused-ring (bicyclic) bond motifs is 2. The molecule has 4 heterocycles. The number of β-amino-alcohol motifs (C(OH)–C–C–N with tert-alkyl or cyclic N) is 1. The zero-order valence-corrected chi connectivity index (χ0v) is 25.8. The monoisotopic (exact) mass is 595 g/mol. The smallest absolute Gasteiger partial charge is 0.321 e. The van der Waals surface area contributed by atoms with Crippen LogP contribution in [0.3, 0.4) is 0 Å². The number of nitrogens with one attached hydrogen (secondary N) is 1. The molecule has 0 bridgehead atoms. The number of nitrogens with zero attached hydrogens (tertiary/aromatic N) is 4. The summed E-state index contributed by atoms with van der Waals surface area (Å²) in [6.45, 7) is 8.55. The molecule has 1 aliphatic carbocycles. The zero-order valence-electron chi connectivity index (χ0n) is 25.0. The van der Waals surface area contributed by atoms with Gasteiger partial charge in [0.1, 0.15) is 0 Å². The van der Waals surface area contributed by atoms with Crippen molar-refractivity contribution in [3.8, 4) is 11.3 Å². The van der Waals surface area contributed by atoms with E-state index < -0.39 is 10.0 Å². The van der Waals surface area contributed by atoms with Gasteiger partial charge in [-0.2, -0.15) is 0 Å². The number of carbonyl (C=O) groups excluding carboxylic acids is 1. The molecule has 6 rings (SSSR count). The van der Waals surface area contributed by atoms with Crippen molar-refractivity contribution in [3.63, 3.8) is 0 Å². The van der Waals surface area contributed by atoms with Gasteiger partial charge in [0.05, 0.1) is 28.9 Å². The number of benzene rings is 1. The molecule has 228 valence electrons. The quantitative estimate of drug-likeness (QED) is 0.501. The summed E-state index contributed by atoms with van der Waals surface area (Å²) in [4.78, 5) is 23.0. The molecule has 1 saturated carbocycles. The third kappa shape index (κ3) is 5.83. The number of aliphatic hydroxyl groups is 1. The summed E-state index contributed by atoms with van der Waals surface area (Å²) in [5.74, 6) is 0.411. The summed E-state index contributed by atoms with van der Waals surface area (Å²) in [6.07, 6.45) is 6.52. The summed E-state index contributed by atoms with van der Waals surface area (Å²) >= 11 is 0. The first-order valence-electron chi connectivity index (χ1n) is 15.7. The van der Waals surface area contributed by atoms with Gasteiger partial charge in [0.15, 0.2) is 0 Å². The number of amides is 2. The summed E-state index contributed by atoms with van der Waals surface area (Å²) in [5, 5.41) is 13.1. The van der Waals surface area contributed by atoms with Crippen molar-refractivity contribution in [1.29, 1.82) is 0 Å². The Bertz CT molecular complexity index is 1420. The number of carbonyl (C=O) groups is 1. The highest BCUT2D eigenvalue weighted by atomic mass is 32.2.